The Balaban J connectivity index is 1.85. The van der Waals surface area contributed by atoms with Gasteiger partial charge in [0.25, 0.3) is 0 Å². The third-order valence-electron chi connectivity index (χ3n) is 5.68. The van der Waals surface area contributed by atoms with E-state index in [1.807, 2.05) is 6.07 Å². The van der Waals surface area contributed by atoms with Crippen LogP contribution in [0.5, 0.6) is 0 Å². The fourth-order valence-corrected chi connectivity index (χ4v) is 4.90. The molecule has 0 atom stereocenters. The lowest BCUT2D eigenvalue weighted by molar-refractivity contribution is 0.0655. The number of fused-ring (bicyclic) bond motifs is 1. The molecule has 1 aromatic carbocycles. The van der Waals surface area contributed by atoms with Crippen molar-refractivity contribution in [1.82, 2.24) is 0 Å². The molecular weight excluding hydrogens is 208 g/mol. The van der Waals surface area contributed by atoms with Gasteiger partial charge in [-0.2, -0.15) is 0 Å². The van der Waals surface area contributed by atoms with Crippen LogP contribution >= 0.6 is 0 Å². The minimum Gasteiger partial charge on any atom is -0.294 e. The Bertz CT molecular complexity index is 468. The predicted octanol–water partition coefficient (Wildman–Crippen LogP) is 3.62. The third-order valence-corrected chi connectivity index (χ3v) is 5.68. The summed E-state index contributed by atoms with van der Waals surface area (Å²) in [5.41, 5.74) is 2.39. The predicted molar refractivity (Wildman–Crippen MR) is 67.0 cm³/mol. The Kier molecular flexibility index (Phi) is 1.87. The first-order valence-electron chi connectivity index (χ1n) is 6.95. The van der Waals surface area contributed by atoms with E-state index in [0.717, 1.165) is 18.4 Å². The Morgan fingerprint density at radius 3 is 2.35 bits per heavy atom. The zero-order valence-corrected chi connectivity index (χ0v) is 10.1. The van der Waals surface area contributed by atoms with E-state index in [1.54, 1.807) is 0 Å². The van der Waals surface area contributed by atoms with Gasteiger partial charge in [0.2, 0.25) is 0 Å². The summed E-state index contributed by atoms with van der Waals surface area (Å²) in [6.07, 6.45) is 7.46. The second-order valence-corrected chi connectivity index (χ2v) is 6.08. The van der Waals surface area contributed by atoms with E-state index in [1.165, 1.54) is 31.2 Å². The number of hydrogen-bond donors (Lipinski definition) is 0. The number of Topliss-reactive ketones (excluding diaryl/α,β-unsaturated/α-hetero) is 1. The molecule has 1 heteroatoms. The molecule has 0 heterocycles. The van der Waals surface area contributed by atoms with E-state index in [0.29, 0.717) is 17.6 Å². The van der Waals surface area contributed by atoms with Crippen molar-refractivity contribution in [2.24, 2.45) is 17.3 Å². The summed E-state index contributed by atoms with van der Waals surface area (Å²) >= 11 is 0. The van der Waals surface area contributed by atoms with Crippen LogP contribution in [0.25, 0.3) is 0 Å². The van der Waals surface area contributed by atoms with E-state index in [-0.39, 0.29) is 5.41 Å². The van der Waals surface area contributed by atoms with Gasteiger partial charge in [0.1, 0.15) is 0 Å². The summed E-state index contributed by atoms with van der Waals surface area (Å²) in [6, 6.07) is 8.27. The molecule has 0 N–H and O–H groups in total. The quantitative estimate of drug-likeness (QED) is 0.660. The lowest BCUT2D eigenvalue weighted by Gasteiger charge is -2.37. The lowest BCUT2D eigenvalue weighted by Crippen LogP contribution is -2.40. The largest absolute Gasteiger partial charge is 0.294 e. The van der Waals surface area contributed by atoms with Gasteiger partial charge in [-0.3, -0.25) is 4.79 Å². The van der Waals surface area contributed by atoms with E-state index in [2.05, 4.69) is 18.2 Å². The lowest BCUT2D eigenvalue weighted by atomic mass is 9.64. The minimum absolute atomic E-state index is 0.0638. The van der Waals surface area contributed by atoms with Crippen LogP contribution in [-0.2, 0) is 6.42 Å². The van der Waals surface area contributed by atoms with Gasteiger partial charge in [0.15, 0.2) is 5.78 Å². The normalized spacial score (nSPS) is 38.7. The van der Waals surface area contributed by atoms with Crippen molar-refractivity contribution >= 4 is 5.78 Å². The fraction of sp³-hybridized carbons (Fsp3) is 0.562. The van der Waals surface area contributed by atoms with Crippen LogP contribution in [0.15, 0.2) is 24.3 Å². The van der Waals surface area contributed by atoms with Crippen LogP contribution in [0.3, 0.4) is 0 Å². The summed E-state index contributed by atoms with van der Waals surface area (Å²) in [6.45, 7) is 0. The number of carbonyl (C=O) groups excluding carboxylic acids is 1. The van der Waals surface area contributed by atoms with Crippen LogP contribution in [0.2, 0.25) is 0 Å². The van der Waals surface area contributed by atoms with Gasteiger partial charge in [0, 0.05) is 11.0 Å². The number of aryl methyl sites for hydroxylation is 1. The Hall–Kier alpha value is -1.11. The molecule has 0 radical (unpaired) electrons. The smallest absolute Gasteiger partial charge is 0.169 e. The second-order valence-electron chi connectivity index (χ2n) is 6.08. The molecule has 2 saturated carbocycles. The van der Waals surface area contributed by atoms with E-state index in [4.69, 9.17) is 0 Å². The number of hydrogen-bond acceptors (Lipinski definition) is 1. The maximum absolute atomic E-state index is 12.9. The maximum atomic E-state index is 12.9. The molecular formula is C16H18O. The number of rotatable bonds is 0. The molecule has 1 nitrogen and oxygen atoms in total. The molecule has 88 valence electrons. The highest BCUT2D eigenvalue weighted by Gasteiger charge is 2.59. The standard InChI is InChI=1S/C16H18O/c17-15-14-4-2-1-3-11(14)9-10-16(15)12-5-6-13(16)8-7-12/h1-4,12-13H,5-10H2. The maximum Gasteiger partial charge on any atom is 0.169 e. The first kappa shape index (κ1) is 9.87. The van der Waals surface area contributed by atoms with Crippen molar-refractivity contribution < 1.29 is 4.79 Å². The molecule has 3 aliphatic rings. The zero-order chi connectivity index (χ0) is 11.5. The van der Waals surface area contributed by atoms with Crippen LogP contribution in [0, 0.1) is 17.3 Å². The van der Waals surface area contributed by atoms with Gasteiger partial charge in [-0.1, -0.05) is 24.3 Å². The Labute approximate surface area is 102 Å². The summed E-state index contributed by atoms with van der Waals surface area (Å²) in [4.78, 5) is 12.9. The van der Waals surface area contributed by atoms with Crippen molar-refractivity contribution in [2.75, 3.05) is 0 Å². The van der Waals surface area contributed by atoms with Crippen LogP contribution < -0.4 is 0 Å². The molecule has 4 rings (SSSR count). The van der Waals surface area contributed by atoms with Gasteiger partial charge < -0.3 is 0 Å². The molecule has 1 spiro atoms. The van der Waals surface area contributed by atoms with Gasteiger partial charge >= 0.3 is 0 Å². The second kappa shape index (κ2) is 3.22. The topological polar surface area (TPSA) is 17.1 Å². The number of benzene rings is 1. The first-order valence-corrected chi connectivity index (χ1v) is 6.95. The molecule has 2 bridgehead atoms. The van der Waals surface area contributed by atoms with Crippen molar-refractivity contribution in [3.63, 3.8) is 0 Å². The molecule has 0 unspecified atom stereocenters. The molecule has 0 amide bonds. The van der Waals surface area contributed by atoms with Gasteiger partial charge in [0.05, 0.1) is 0 Å². The summed E-state index contributed by atoms with van der Waals surface area (Å²) in [7, 11) is 0. The van der Waals surface area contributed by atoms with Crippen molar-refractivity contribution in [1.29, 1.82) is 0 Å². The highest BCUT2D eigenvalue weighted by molar-refractivity contribution is 6.03. The van der Waals surface area contributed by atoms with Crippen molar-refractivity contribution in [3.8, 4) is 0 Å². The average molecular weight is 226 g/mol. The van der Waals surface area contributed by atoms with Gasteiger partial charge in [-0.15, -0.1) is 0 Å². The number of ketones is 1. The van der Waals surface area contributed by atoms with E-state index in [9.17, 15) is 4.79 Å². The van der Waals surface area contributed by atoms with Crippen LogP contribution in [-0.4, -0.2) is 5.78 Å². The molecule has 3 aliphatic carbocycles. The molecule has 2 fully saturated rings. The van der Waals surface area contributed by atoms with E-state index < -0.39 is 0 Å². The summed E-state index contributed by atoms with van der Waals surface area (Å²) in [5, 5.41) is 0. The molecule has 0 saturated heterocycles. The molecule has 0 aliphatic heterocycles. The van der Waals surface area contributed by atoms with Crippen LogP contribution in [0.1, 0.15) is 48.0 Å². The monoisotopic (exact) mass is 226 g/mol. The molecule has 0 aromatic heterocycles. The molecule has 17 heavy (non-hydrogen) atoms. The number of carbonyl (C=O) groups is 1. The average Bonchev–Trinajstić information content (AvgIpc) is 2.90. The Morgan fingerprint density at radius 1 is 1.00 bits per heavy atom. The summed E-state index contributed by atoms with van der Waals surface area (Å²) < 4.78 is 0. The Morgan fingerprint density at radius 2 is 1.65 bits per heavy atom. The van der Waals surface area contributed by atoms with Crippen LogP contribution in [0.4, 0.5) is 0 Å². The van der Waals surface area contributed by atoms with Crippen molar-refractivity contribution in [2.45, 2.75) is 38.5 Å². The highest BCUT2D eigenvalue weighted by Crippen LogP contribution is 2.62. The first-order chi connectivity index (χ1) is 8.32. The molecule has 1 aromatic rings. The van der Waals surface area contributed by atoms with E-state index >= 15 is 0 Å². The fourth-order valence-electron chi connectivity index (χ4n) is 4.90. The third kappa shape index (κ3) is 1.08. The SMILES string of the molecule is O=C1c2ccccc2CCC12C1CCC2CC1. The minimum atomic E-state index is 0.0638. The highest BCUT2D eigenvalue weighted by atomic mass is 16.1. The van der Waals surface area contributed by atoms with Gasteiger partial charge in [-0.25, -0.2) is 0 Å². The zero-order valence-electron chi connectivity index (χ0n) is 10.1. The summed E-state index contributed by atoms with van der Waals surface area (Å²) in [5.74, 6) is 1.89. The van der Waals surface area contributed by atoms with Gasteiger partial charge in [-0.05, 0) is 55.9 Å². The van der Waals surface area contributed by atoms with Crippen molar-refractivity contribution in [3.05, 3.63) is 35.4 Å².